The highest BCUT2D eigenvalue weighted by Crippen LogP contribution is 2.23. The molecule has 0 aliphatic carbocycles. The molecule has 0 bridgehead atoms. The molecule has 0 fully saturated rings. The Hall–Kier alpha value is -3.37. The van der Waals surface area contributed by atoms with Gasteiger partial charge in [-0.05, 0) is 67.4 Å². The first kappa shape index (κ1) is 23.3. The average Bonchev–Trinajstić information content (AvgIpc) is 2.70. The van der Waals surface area contributed by atoms with Crippen molar-refractivity contribution in [3.63, 3.8) is 0 Å². The molecule has 168 valence electrons. The summed E-state index contributed by atoms with van der Waals surface area (Å²) in [5.74, 6) is -0.451. The number of nitrogens with one attached hydrogen (secondary N) is 3. The van der Waals surface area contributed by atoms with Crippen molar-refractivity contribution in [2.45, 2.75) is 18.7 Å². The summed E-state index contributed by atoms with van der Waals surface area (Å²) in [7, 11) is -7.28. The third kappa shape index (κ3) is 5.65. The van der Waals surface area contributed by atoms with Crippen molar-refractivity contribution < 1.29 is 21.6 Å². The van der Waals surface area contributed by atoms with Crippen LogP contribution in [-0.2, 0) is 20.0 Å². The molecule has 32 heavy (non-hydrogen) atoms. The number of hydrogen-bond donors (Lipinski definition) is 3. The zero-order valence-electron chi connectivity index (χ0n) is 17.7. The Morgan fingerprint density at radius 3 is 2.00 bits per heavy atom. The van der Waals surface area contributed by atoms with Gasteiger partial charge in [0.2, 0.25) is 10.0 Å². The number of carbonyl (C=O) groups excluding carboxylic acids is 1. The molecule has 3 rings (SSSR count). The molecule has 0 saturated carbocycles. The molecule has 0 heterocycles. The van der Waals surface area contributed by atoms with Crippen LogP contribution in [0.5, 0.6) is 0 Å². The van der Waals surface area contributed by atoms with Gasteiger partial charge in [-0.15, -0.1) is 0 Å². The fourth-order valence-electron chi connectivity index (χ4n) is 3.00. The van der Waals surface area contributed by atoms with Gasteiger partial charge in [0, 0.05) is 11.3 Å². The molecule has 0 radical (unpaired) electrons. The number of anilines is 3. The molecule has 1 amide bonds. The number of para-hydroxylation sites is 1. The first-order chi connectivity index (χ1) is 15.0. The van der Waals surface area contributed by atoms with E-state index in [0.29, 0.717) is 22.6 Å². The molecule has 3 aromatic rings. The Morgan fingerprint density at radius 2 is 1.38 bits per heavy atom. The van der Waals surface area contributed by atoms with Crippen LogP contribution in [0.3, 0.4) is 0 Å². The predicted molar refractivity (Wildman–Crippen MR) is 126 cm³/mol. The number of sulfonamides is 2. The van der Waals surface area contributed by atoms with Crippen molar-refractivity contribution in [2.75, 3.05) is 21.0 Å². The number of rotatable bonds is 7. The van der Waals surface area contributed by atoms with E-state index in [1.807, 2.05) is 6.07 Å². The largest absolute Gasteiger partial charge is 0.322 e. The van der Waals surface area contributed by atoms with E-state index in [2.05, 4.69) is 14.8 Å². The molecular formula is C22H23N3O5S2. The molecule has 3 N–H and O–H groups in total. The average molecular weight is 474 g/mol. The van der Waals surface area contributed by atoms with Gasteiger partial charge in [-0.2, -0.15) is 0 Å². The zero-order valence-corrected chi connectivity index (χ0v) is 19.3. The van der Waals surface area contributed by atoms with E-state index >= 15 is 0 Å². The van der Waals surface area contributed by atoms with Crippen LogP contribution in [0.2, 0.25) is 0 Å². The normalized spacial score (nSPS) is 11.6. The Morgan fingerprint density at radius 1 is 0.750 bits per heavy atom. The zero-order chi connectivity index (χ0) is 23.5. The summed E-state index contributed by atoms with van der Waals surface area (Å²) in [6, 6.07) is 17.5. The molecule has 0 spiro atoms. The van der Waals surface area contributed by atoms with Crippen molar-refractivity contribution in [3.05, 3.63) is 83.4 Å². The molecule has 0 aromatic heterocycles. The smallest absolute Gasteiger partial charge is 0.261 e. The van der Waals surface area contributed by atoms with Gasteiger partial charge in [0.25, 0.3) is 15.9 Å². The second-order valence-corrected chi connectivity index (χ2v) is 10.7. The van der Waals surface area contributed by atoms with E-state index in [1.54, 1.807) is 50.2 Å². The van der Waals surface area contributed by atoms with Crippen molar-refractivity contribution in [3.8, 4) is 0 Å². The van der Waals surface area contributed by atoms with E-state index in [1.165, 1.54) is 24.3 Å². The van der Waals surface area contributed by atoms with Crippen molar-refractivity contribution >= 4 is 43.0 Å². The Labute approximate surface area is 187 Å². The summed E-state index contributed by atoms with van der Waals surface area (Å²) in [6.07, 6.45) is 1.03. The standard InChI is InChI=1S/C22H23N3O5S2/c1-15-7-4-5-9-20(15)25-32(29,30)18-13-11-17(12-14-18)23-22(26)19-8-6-10-21(16(19)2)24-31(3,27)28/h4-14,24-25H,1-3H3,(H,23,26). The van der Waals surface area contributed by atoms with Crippen LogP contribution in [-0.4, -0.2) is 29.0 Å². The molecular weight excluding hydrogens is 450 g/mol. The van der Waals surface area contributed by atoms with Crippen LogP contribution in [0, 0.1) is 13.8 Å². The SMILES string of the molecule is Cc1ccccc1NS(=O)(=O)c1ccc(NC(=O)c2cccc(NS(C)(=O)=O)c2C)cc1. The van der Waals surface area contributed by atoms with E-state index in [4.69, 9.17) is 0 Å². The number of aryl methyl sites for hydroxylation is 1. The Bertz CT molecular complexity index is 1370. The van der Waals surface area contributed by atoms with E-state index < -0.39 is 26.0 Å². The van der Waals surface area contributed by atoms with Crippen LogP contribution in [0.4, 0.5) is 17.1 Å². The minimum Gasteiger partial charge on any atom is -0.322 e. The summed E-state index contributed by atoms with van der Waals surface area (Å²) in [5, 5.41) is 2.70. The van der Waals surface area contributed by atoms with Gasteiger partial charge in [-0.25, -0.2) is 16.8 Å². The maximum absolute atomic E-state index is 12.7. The lowest BCUT2D eigenvalue weighted by Gasteiger charge is -2.13. The van der Waals surface area contributed by atoms with Gasteiger partial charge in [0.15, 0.2) is 0 Å². The molecule has 10 heteroatoms. The van der Waals surface area contributed by atoms with Crippen LogP contribution in [0.15, 0.2) is 71.6 Å². The number of amides is 1. The van der Waals surface area contributed by atoms with Gasteiger partial charge >= 0.3 is 0 Å². The summed E-state index contributed by atoms with van der Waals surface area (Å²) in [5.41, 5.74) is 2.74. The minimum absolute atomic E-state index is 0.0503. The van der Waals surface area contributed by atoms with Gasteiger partial charge in [0.05, 0.1) is 22.5 Å². The highest BCUT2D eigenvalue weighted by atomic mass is 32.2. The summed E-state index contributed by atoms with van der Waals surface area (Å²) < 4.78 is 53.2. The first-order valence-electron chi connectivity index (χ1n) is 9.53. The third-order valence-corrected chi connectivity index (χ3v) is 6.66. The Balaban J connectivity index is 1.77. The monoisotopic (exact) mass is 473 g/mol. The van der Waals surface area contributed by atoms with E-state index in [0.717, 1.165) is 11.8 Å². The van der Waals surface area contributed by atoms with Gasteiger partial charge in [0.1, 0.15) is 0 Å². The van der Waals surface area contributed by atoms with Crippen LogP contribution < -0.4 is 14.8 Å². The third-order valence-electron chi connectivity index (χ3n) is 4.69. The van der Waals surface area contributed by atoms with Crippen LogP contribution in [0.1, 0.15) is 21.5 Å². The Kier molecular flexibility index (Phi) is 6.56. The topological polar surface area (TPSA) is 121 Å². The minimum atomic E-state index is -3.79. The van der Waals surface area contributed by atoms with Gasteiger partial charge < -0.3 is 5.32 Å². The highest BCUT2D eigenvalue weighted by Gasteiger charge is 2.17. The molecule has 8 nitrogen and oxygen atoms in total. The fourth-order valence-corrected chi connectivity index (χ4v) is 4.75. The van der Waals surface area contributed by atoms with E-state index in [9.17, 15) is 21.6 Å². The first-order valence-corrected chi connectivity index (χ1v) is 12.9. The lowest BCUT2D eigenvalue weighted by Crippen LogP contribution is -2.16. The molecule has 0 aliphatic rings. The van der Waals surface area contributed by atoms with Crippen molar-refractivity contribution in [1.82, 2.24) is 0 Å². The molecule has 0 unspecified atom stereocenters. The number of carbonyl (C=O) groups is 1. The predicted octanol–water partition coefficient (Wildman–Crippen LogP) is 3.73. The van der Waals surface area contributed by atoms with Crippen LogP contribution >= 0.6 is 0 Å². The maximum atomic E-state index is 12.7. The highest BCUT2D eigenvalue weighted by molar-refractivity contribution is 7.92. The molecule has 0 saturated heterocycles. The van der Waals surface area contributed by atoms with Crippen LogP contribution in [0.25, 0.3) is 0 Å². The van der Waals surface area contributed by atoms with E-state index in [-0.39, 0.29) is 10.5 Å². The van der Waals surface area contributed by atoms with Crippen molar-refractivity contribution in [2.24, 2.45) is 0 Å². The quantitative estimate of drug-likeness (QED) is 0.483. The summed E-state index contributed by atoms with van der Waals surface area (Å²) in [4.78, 5) is 12.7. The van der Waals surface area contributed by atoms with Crippen molar-refractivity contribution in [1.29, 1.82) is 0 Å². The number of benzene rings is 3. The van der Waals surface area contributed by atoms with Gasteiger partial charge in [-0.1, -0.05) is 24.3 Å². The molecule has 0 atom stereocenters. The fraction of sp³-hybridized carbons (Fsp3) is 0.136. The molecule has 3 aromatic carbocycles. The van der Waals surface area contributed by atoms with Gasteiger partial charge in [-0.3, -0.25) is 14.2 Å². The lowest BCUT2D eigenvalue weighted by molar-refractivity contribution is 0.102. The summed E-state index contributed by atoms with van der Waals surface area (Å²) in [6.45, 7) is 3.44. The number of hydrogen-bond acceptors (Lipinski definition) is 5. The summed E-state index contributed by atoms with van der Waals surface area (Å²) >= 11 is 0. The second-order valence-electron chi connectivity index (χ2n) is 7.25. The molecule has 0 aliphatic heterocycles. The lowest BCUT2D eigenvalue weighted by atomic mass is 10.1. The maximum Gasteiger partial charge on any atom is 0.261 e. The second kappa shape index (κ2) is 9.01.